The van der Waals surface area contributed by atoms with Gasteiger partial charge in [0.05, 0.1) is 16.4 Å². The lowest BCUT2D eigenvalue weighted by atomic mass is 10.1. The maximum absolute atomic E-state index is 12.5. The molecule has 5 heteroatoms. The van der Waals surface area contributed by atoms with Gasteiger partial charge >= 0.3 is 0 Å². The Bertz CT molecular complexity index is 1040. The zero-order valence-corrected chi connectivity index (χ0v) is 12.5. The Morgan fingerprint density at radius 1 is 1.14 bits per heavy atom. The van der Waals surface area contributed by atoms with E-state index in [0.29, 0.717) is 5.39 Å². The number of hydrogen-bond acceptors (Lipinski definition) is 3. The molecule has 0 atom stereocenters. The van der Waals surface area contributed by atoms with Crippen molar-refractivity contribution in [2.45, 2.75) is 13.8 Å². The number of hydrogen-bond donors (Lipinski definition) is 1. The van der Waals surface area contributed by atoms with E-state index in [1.165, 1.54) is 0 Å². The number of fused-ring (bicyclic) bond motifs is 3. The first kappa shape index (κ1) is 12.3. The van der Waals surface area contributed by atoms with E-state index in [1.54, 1.807) is 22.2 Å². The minimum atomic E-state index is -0.0539. The van der Waals surface area contributed by atoms with E-state index in [2.05, 4.69) is 10.1 Å². The van der Waals surface area contributed by atoms with Crippen LogP contribution in [0.5, 0.6) is 0 Å². The summed E-state index contributed by atoms with van der Waals surface area (Å²) in [4.78, 5) is 17.0. The van der Waals surface area contributed by atoms with E-state index in [1.807, 2.05) is 43.5 Å². The summed E-state index contributed by atoms with van der Waals surface area (Å²) in [6, 6.07) is 8.08. The Morgan fingerprint density at radius 2 is 2.00 bits per heavy atom. The van der Waals surface area contributed by atoms with Gasteiger partial charge in [0, 0.05) is 11.6 Å². The molecule has 104 valence electrons. The molecule has 0 saturated heterocycles. The highest BCUT2D eigenvalue weighted by Gasteiger charge is 2.12. The molecule has 0 aliphatic heterocycles. The molecule has 0 fully saturated rings. The Hall–Kier alpha value is -2.40. The predicted octanol–water partition coefficient (Wildman–Crippen LogP) is 3.55. The molecule has 1 aromatic carbocycles. The van der Waals surface area contributed by atoms with Gasteiger partial charge in [0.15, 0.2) is 0 Å². The fourth-order valence-corrected chi connectivity index (χ4v) is 3.42. The highest BCUT2D eigenvalue weighted by atomic mass is 32.1. The standard InChI is InChI=1S/C16H13N3OS/c1-9-3-4-11-13(5-9)17-7-12-15(11)18-19(16(12)20)14-6-10(2)8-21-14/h3-8,18H,1-2H3. The molecule has 0 bridgehead atoms. The first-order valence-electron chi connectivity index (χ1n) is 6.69. The maximum Gasteiger partial charge on any atom is 0.281 e. The van der Waals surface area contributed by atoms with Crippen LogP contribution in [0.25, 0.3) is 26.8 Å². The maximum atomic E-state index is 12.5. The van der Waals surface area contributed by atoms with Crippen molar-refractivity contribution >= 4 is 33.1 Å². The van der Waals surface area contributed by atoms with Crippen molar-refractivity contribution in [3.05, 3.63) is 57.3 Å². The van der Waals surface area contributed by atoms with Crippen molar-refractivity contribution in [3.8, 4) is 5.00 Å². The molecule has 1 N–H and O–H groups in total. The summed E-state index contributed by atoms with van der Waals surface area (Å²) in [7, 11) is 0. The van der Waals surface area contributed by atoms with Gasteiger partial charge in [-0.1, -0.05) is 12.1 Å². The Labute approximate surface area is 124 Å². The fraction of sp³-hybridized carbons (Fsp3) is 0.125. The third-order valence-corrected chi connectivity index (χ3v) is 4.65. The van der Waals surface area contributed by atoms with Gasteiger partial charge in [-0.3, -0.25) is 14.9 Å². The fourth-order valence-electron chi connectivity index (χ4n) is 2.56. The van der Waals surface area contributed by atoms with Crippen molar-refractivity contribution in [3.63, 3.8) is 0 Å². The van der Waals surface area contributed by atoms with Crippen LogP contribution < -0.4 is 5.56 Å². The number of H-pyrrole nitrogens is 1. The zero-order valence-electron chi connectivity index (χ0n) is 11.7. The number of thiophene rings is 1. The highest BCUT2D eigenvalue weighted by Crippen LogP contribution is 2.23. The van der Waals surface area contributed by atoms with Gasteiger partial charge in [0.1, 0.15) is 5.00 Å². The summed E-state index contributed by atoms with van der Waals surface area (Å²) in [6.07, 6.45) is 1.66. The van der Waals surface area contributed by atoms with Gasteiger partial charge in [0.2, 0.25) is 0 Å². The molecule has 0 saturated carbocycles. The van der Waals surface area contributed by atoms with Crippen LogP contribution in [0.4, 0.5) is 0 Å². The second-order valence-electron chi connectivity index (χ2n) is 5.28. The van der Waals surface area contributed by atoms with Gasteiger partial charge in [0.25, 0.3) is 5.56 Å². The smallest absolute Gasteiger partial charge is 0.281 e. The van der Waals surface area contributed by atoms with Crippen LogP contribution in [0.3, 0.4) is 0 Å². The Kier molecular flexibility index (Phi) is 2.53. The molecule has 0 amide bonds. The average molecular weight is 295 g/mol. The number of rotatable bonds is 1. The molecule has 4 rings (SSSR count). The number of aryl methyl sites for hydroxylation is 2. The Morgan fingerprint density at radius 3 is 2.76 bits per heavy atom. The van der Waals surface area contributed by atoms with Gasteiger partial charge in [-0.25, -0.2) is 4.68 Å². The van der Waals surface area contributed by atoms with Crippen LogP contribution in [0.2, 0.25) is 0 Å². The number of pyridine rings is 1. The summed E-state index contributed by atoms with van der Waals surface area (Å²) in [6.45, 7) is 4.06. The summed E-state index contributed by atoms with van der Waals surface area (Å²) >= 11 is 1.55. The molecule has 3 aromatic heterocycles. The van der Waals surface area contributed by atoms with Crippen molar-refractivity contribution < 1.29 is 0 Å². The highest BCUT2D eigenvalue weighted by molar-refractivity contribution is 7.12. The van der Waals surface area contributed by atoms with E-state index in [-0.39, 0.29) is 5.56 Å². The average Bonchev–Trinajstić information content (AvgIpc) is 3.02. The molecular weight excluding hydrogens is 282 g/mol. The molecule has 0 radical (unpaired) electrons. The summed E-state index contributed by atoms with van der Waals surface area (Å²) in [5.74, 6) is 0. The van der Waals surface area contributed by atoms with Crippen LogP contribution >= 0.6 is 11.3 Å². The van der Waals surface area contributed by atoms with E-state index in [9.17, 15) is 4.79 Å². The molecule has 0 spiro atoms. The first-order chi connectivity index (χ1) is 10.1. The molecular formula is C16H13N3OS. The van der Waals surface area contributed by atoms with E-state index >= 15 is 0 Å². The first-order valence-corrected chi connectivity index (χ1v) is 7.57. The van der Waals surface area contributed by atoms with Crippen LogP contribution in [0.15, 0.2) is 40.6 Å². The van der Waals surface area contributed by atoms with E-state index < -0.39 is 0 Å². The van der Waals surface area contributed by atoms with Crippen molar-refractivity contribution in [1.29, 1.82) is 0 Å². The molecule has 3 heterocycles. The van der Waals surface area contributed by atoms with Crippen LogP contribution in [-0.2, 0) is 0 Å². The van der Waals surface area contributed by atoms with E-state index in [0.717, 1.165) is 32.5 Å². The second-order valence-corrected chi connectivity index (χ2v) is 6.17. The lowest BCUT2D eigenvalue weighted by molar-refractivity contribution is 0.881. The third-order valence-electron chi connectivity index (χ3n) is 3.62. The SMILES string of the molecule is Cc1csc(-n2[nH]c3c(cnc4cc(C)ccc43)c2=O)c1. The molecule has 4 nitrogen and oxygen atoms in total. The lowest BCUT2D eigenvalue weighted by Gasteiger charge is -1.99. The topological polar surface area (TPSA) is 50.7 Å². The summed E-state index contributed by atoms with van der Waals surface area (Å²) in [5, 5.41) is 7.76. The largest absolute Gasteiger partial charge is 0.289 e. The molecule has 4 aromatic rings. The number of benzene rings is 1. The normalized spacial score (nSPS) is 11.5. The number of aromatic amines is 1. The molecule has 0 unspecified atom stereocenters. The van der Waals surface area contributed by atoms with Crippen molar-refractivity contribution in [2.24, 2.45) is 0 Å². The number of nitrogens with zero attached hydrogens (tertiary/aromatic N) is 2. The second kappa shape index (κ2) is 4.30. The number of aromatic nitrogens is 3. The van der Waals surface area contributed by atoms with E-state index in [4.69, 9.17) is 0 Å². The minimum Gasteiger partial charge on any atom is -0.289 e. The van der Waals surface area contributed by atoms with Crippen molar-refractivity contribution in [2.75, 3.05) is 0 Å². The minimum absolute atomic E-state index is 0.0539. The van der Waals surface area contributed by atoms with Gasteiger partial charge in [-0.2, -0.15) is 0 Å². The van der Waals surface area contributed by atoms with Crippen LogP contribution in [0.1, 0.15) is 11.1 Å². The monoisotopic (exact) mass is 295 g/mol. The summed E-state index contributed by atoms with van der Waals surface area (Å²) < 4.78 is 1.60. The van der Waals surface area contributed by atoms with Gasteiger partial charge in [-0.15, -0.1) is 11.3 Å². The molecule has 21 heavy (non-hydrogen) atoms. The van der Waals surface area contributed by atoms with Crippen LogP contribution in [0, 0.1) is 13.8 Å². The zero-order chi connectivity index (χ0) is 14.6. The van der Waals surface area contributed by atoms with Crippen molar-refractivity contribution in [1.82, 2.24) is 14.8 Å². The van der Waals surface area contributed by atoms with Gasteiger partial charge in [-0.05, 0) is 42.5 Å². The Balaban J connectivity index is 2.10. The summed E-state index contributed by atoms with van der Waals surface area (Å²) in [5.41, 5.74) is 4.00. The molecule has 0 aliphatic carbocycles. The van der Waals surface area contributed by atoms with Crippen LogP contribution in [-0.4, -0.2) is 14.8 Å². The van der Waals surface area contributed by atoms with Gasteiger partial charge < -0.3 is 0 Å². The number of nitrogens with one attached hydrogen (secondary N) is 1. The quantitative estimate of drug-likeness (QED) is 0.584. The lowest BCUT2D eigenvalue weighted by Crippen LogP contribution is -2.12. The predicted molar refractivity (Wildman–Crippen MR) is 86.5 cm³/mol. The third kappa shape index (κ3) is 1.81. The molecule has 0 aliphatic rings.